The summed E-state index contributed by atoms with van der Waals surface area (Å²) in [5.41, 5.74) is 1.19. The van der Waals surface area contributed by atoms with Gasteiger partial charge in [-0.05, 0) is 30.1 Å². The molecule has 0 spiro atoms. The molecule has 1 fully saturated rings. The standard InChI is InChI=1S/C17H27NO3Si/c1-17(2,3)22(4,5)20-12-15-14(18-16(19)21-15)11-13-9-7-6-8-10-13/h6-10,14-15H,11-12H2,1-5H3,(H,18,19)/t14-,15+/m0/s1. The second-order valence-electron chi connectivity index (χ2n) is 7.46. The van der Waals surface area contributed by atoms with Crippen LogP contribution in [0.5, 0.6) is 0 Å². The van der Waals surface area contributed by atoms with E-state index >= 15 is 0 Å². The number of carbonyl (C=O) groups is 1. The highest BCUT2D eigenvalue weighted by Crippen LogP contribution is 2.36. The van der Waals surface area contributed by atoms with Crippen molar-refractivity contribution in [1.29, 1.82) is 0 Å². The molecule has 5 heteroatoms. The number of carbonyl (C=O) groups excluding carboxylic acids is 1. The molecule has 1 amide bonds. The van der Waals surface area contributed by atoms with E-state index in [1.54, 1.807) is 0 Å². The lowest BCUT2D eigenvalue weighted by molar-refractivity contribution is 0.0866. The molecule has 1 saturated heterocycles. The van der Waals surface area contributed by atoms with Crippen LogP contribution in [0.3, 0.4) is 0 Å². The lowest BCUT2D eigenvalue weighted by Crippen LogP contribution is -2.45. The van der Waals surface area contributed by atoms with Gasteiger partial charge in [0.2, 0.25) is 0 Å². The van der Waals surface area contributed by atoms with E-state index in [9.17, 15) is 4.79 Å². The predicted molar refractivity (Wildman–Crippen MR) is 90.5 cm³/mol. The van der Waals surface area contributed by atoms with Gasteiger partial charge in [0, 0.05) is 0 Å². The molecule has 1 N–H and O–H groups in total. The maximum Gasteiger partial charge on any atom is 0.407 e. The smallest absolute Gasteiger partial charge is 0.407 e. The van der Waals surface area contributed by atoms with E-state index in [2.05, 4.69) is 51.3 Å². The normalized spacial score (nSPS) is 22.3. The molecule has 1 aromatic carbocycles. The average Bonchev–Trinajstić information content (AvgIpc) is 2.76. The lowest BCUT2D eigenvalue weighted by Gasteiger charge is -2.37. The second kappa shape index (κ2) is 6.42. The fourth-order valence-corrected chi connectivity index (χ4v) is 3.22. The molecule has 1 aromatic rings. The first-order valence-electron chi connectivity index (χ1n) is 7.84. The molecule has 0 unspecified atom stereocenters. The van der Waals surface area contributed by atoms with Crippen LogP contribution in [-0.2, 0) is 15.6 Å². The number of rotatable bonds is 5. The maximum absolute atomic E-state index is 11.6. The average molecular weight is 321 g/mol. The first-order chi connectivity index (χ1) is 10.2. The first kappa shape index (κ1) is 17.0. The Morgan fingerprint density at radius 1 is 1.23 bits per heavy atom. The first-order valence-corrected chi connectivity index (χ1v) is 10.7. The molecule has 0 saturated carbocycles. The Morgan fingerprint density at radius 2 is 1.86 bits per heavy atom. The minimum atomic E-state index is -1.84. The monoisotopic (exact) mass is 321 g/mol. The molecule has 1 aliphatic rings. The number of hydrogen-bond donors (Lipinski definition) is 1. The van der Waals surface area contributed by atoms with Crippen LogP contribution in [0.4, 0.5) is 4.79 Å². The predicted octanol–water partition coefficient (Wildman–Crippen LogP) is 3.73. The highest BCUT2D eigenvalue weighted by molar-refractivity contribution is 6.74. The zero-order valence-corrected chi connectivity index (χ0v) is 15.2. The van der Waals surface area contributed by atoms with Gasteiger partial charge < -0.3 is 14.5 Å². The Bertz CT molecular complexity index is 510. The second-order valence-corrected chi connectivity index (χ2v) is 12.3. The van der Waals surface area contributed by atoms with Crippen molar-refractivity contribution in [2.45, 2.75) is 57.5 Å². The minimum Gasteiger partial charge on any atom is -0.442 e. The highest BCUT2D eigenvalue weighted by atomic mass is 28.4. The van der Waals surface area contributed by atoms with Gasteiger partial charge in [-0.2, -0.15) is 0 Å². The van der Waals surface area contributed by atoms with Gasteiger partial charge >= 0.3 is 6.09 Å². The Hall–Kier alpha value is -1.33. The van der Waals surface area contributed by atoms with Crippen LogP contribution in [0.1, 0.15) is 26.3 Å². The van der Waals surface area contributed by atoms with Gasteiger partial charge in [0.25, 0.3) is 0 Å². The van der Waals surface area contributed by atoms with Crippen molar-refractivity contribution in [3.8, 4) is 0 Å². The minimum absolute atomic E-state index is 0.0281. The molecule has 22 heavy (non-hydrogen) atoms. The van der Waals surface area contributed by atoms with Gasteiger partial charge in [0.15, 0.2) is 8.32 Å². The number of hydrogen-bond acceptors (Lipinski definition) is 3. The Balaban J connectivity index is 1.98. The molecule has 122 valence electrons. The van der Waals surface area contributed by atoms with Crippen molar-refractivity contribution in [3.05, 3.63) is 35.9 Å². The van der Waals surface area contributed by atoms with E-state index in [-0.39, 0.29) is 23.3 Å². The Kier molecular flexibility index (Phi) is 4.97. The van der Waals surface area contributed by atoms with Gasteiger partial charge in [-0.25, -0.2) is 4.79 Å². The Morgan fingerprint density at radius 3 is 2.45 bits per heavy atom. The zero-order valence-electron chi connectivity index (χ0n) is 14.2. The molecular formula is C17H27NO3Si. The summed E-state index contributed by atoms with van der Waals surface area (Å²) < 4.78 is 11.6. The third-order valence-electron chi connectivity index (χ3n) is 4.72. The quantitative estimate of drug-likeness (QED) is 0.841. The van der Waals surface area contributed by atoms with Crippen molar-refractivity contribution in [2.24, 2.45) is 0 Å². The van der Waals surface area contributed by atoms with Gasteiger partial charge in [-0.3, -0.25) is 0 Å². The summed E-state index contributed by atoms with van der Waals surface area (Å²) in [5.74, 6) is 0. The van der Waals surface area contributed by atoms with E-state index in [0.717, 1.165) is 6.42 Å². The summed E-state index contributed by atoms with van der Waals surface area (Å²) in [4.78, 5) is 11.6. The molecule has 1 heterocycles. The number of amides is 1. The summed E-state index contributed by atoms with van der Waals surface area (Å²) >= 11 is 0. The summed E-state index contributed by atoms with van der Waals surface area (Å²) in [6.45, 7) is 11.5. The third-order valence-corrected chi connectivity index (χ3v) is 9.22. The Labute approximate surface area is 134 Å². The van der Waals surface area contributed by atoms with Crippen LogP contribution in [0, 0.1) is 0 Å². The van der Waals surface area contributed by atoms with Crippen molar-refractivity contribution in [2.75, 3.05) is 6.61 Å². The molecule has 2 rings (SSSR count). The molecule has 1 aliphatic heterocycles. The van der Waals surface area contributed by atoms with Crippen LogP contribution in [-0.4, -0.2) is 33.2 Å². The summed E-state index contributed by atoms with van der Waals surface area (Å²) in [6.07, 6.45) is 0.199. The maximum atomic E-state index is 11.6. The van der Waals surface area contributed by atoms with Gasteiger partial charge in [0.1, 0.15) is 6.10 Å². The molecule has 0 aromatic heterocycles. The number of alkyl carbamates (subject to hydrolysis) is 1. The van der Waals surface area contributed by atoms with Crippen molar-refractivity contribution >= 4 is 14.4 Å². The third kappa shape index (κ3) is 4.11. The van der Waals surface area contributed by atoms with Crippen LogP contribution in [0.25, 0.3) is 0 Å². The highest BCUT2D eigenvalue weighted by Gasteiger charge is 2.40. The largest absolute Gasteiger partial charge is 0.442 e. The van der Waals surface area contributed by atoms with E-state index in [1.165, 1.54) is 5.56 Å². The topological polar surface area (TPSA) is 47.6 Å². The van der Waals surface area contributed by atoms with Gasteiger partial charge in [-0.15, -0.1) is 0 Å². The lowest BCUT2D eigenvalue weighted by atomic mass is 10.0. The van der Waals surface area contributed by atoms with E-state index < -0.39 is 8.32 Å². The SMILES string of the molecule is CC(C)(C)[Si](C)(C)OC[C@H]1OC(=O)N[C@H]1Cc1ccccc1. The van der Waals surface area contributed by atoms with E-state index in [1.807, 2.05) is 18.2 Å². The van der Waals surface area contributed by atoms with E-state index in [0.29, 0.717) is 6.61 Å². The molecule has 0 aliphatic carbocycles. The van der Waals surface area contributed by atoms with Crippen LogP contribution < -0.4 is 5.32 Å². The molecule has 0 radical (unpaired) electrons. The summed E-state index contributed by atoms with van der Waals surface area (Å²) in [7, 11) is -1.84. The number of nitrogens with one attached hydrogen (secondary N) is 1. The van der Waals surface area contributed by atoms with Crippen LogP contribution in [0.2, 0.25) is 18.1 Å². The van der Waals surface area contributed by atoms with Crippen LogP contribution in [0.15, 0.2) is 30.3 Å². The van der Waals surface area contributed by atoms with E-state index in [4.69, 9.17) is 9.16 Å². The fourth-order valence-electron chi connectivity index (χ4n) is 2.21. The molecule has 0 bridgehead atoms. The van der Waals surface area contributed by atoms with Crippen molar-refractivity contribution < 1.29 is 14.0 Å². The zero-order chi connectivity index (χ0) is 16.4. The molecule has 4 nitrogen and oxygen atoms in total. The summed E-state index contributed by atoms with van der Waals surface area (Å²) in [6, 6.07) is 10.1. The number of benzene rings is 1. The number of ether oxygens (including phenoxy) is 1. The van der Waals surface area contributed by atoms with Crippen molar-refractivity contribution in [1.82, 2.24) is 5.32 Å². The van der Waals surface area contributed by atoms with Gasteiger partial charge in [0.05, 0.1) is 12.6 Å². The van der Waals surface area contributed by atoms with Gasteiger partial charge in [-0.1, -0.05) is 51.1 Å². The molecule has 2 atom stereocenters. The summed E-state index contributed by atoms with van der Waals surface area (Å²) in [5, 5.41) is 3.05. The fraction of sp³-hybridized carbons (Fsp3) is 0.588. The number of cyclic esters (lactones) is 1. The van der Waals surface area contributed by atoms with Crippen LogP contribution >= 0.6 is 0 Å². The van der Waals surface area contributed by atoms with Crippen molar-refractivity contribution in [3.63, 3.8) is 0 Å². The molecular weight excluding hydrogens is 294 g/mol.